The molecule has 2 amide bonds. The van der Waals surface area contributed by atoms with Gasteiger partial charge in [0.05, 0.1) is 0 Å². The van der Waals surface area contributed by atoms with Crippen LogP contribution in [0.5, 0.6) is 11.5 Å². The Morgan fingerprint density at radius 2 is 1.08 bits per heavy atom. The predicted octanol–water partition coefficient (Wildman–Crippen LogP) is -0.692. The lowest BCUT2D eigenvalue weighted by molar-refractivity contribution is -0.134. The molecule has 0 aliphatic carbocycles. The van der Waals surface area contributed by atoms with Crippen molar-refractivity contribution >= 4 is 11.8 Å². The van der Waals surface area contributed by atoms with Crippen molar-refractivity contribution in [3.63, 3.8) is 0 Å². The van der Waals surface area contributed by atoms with E-state index in [-0.39, 0.29) is 25.0 Å². The van der Waals surface area contributed by atoms with Crippen molar-refractivity contribution in [1.82, 2.24) is 20.4 Å². The molecule has 0 spiro atoms. The molecule has 0 radical (unpaired) electrons. The number of nitrogens with one attached hydrogen (secondary N) is 2. The third-order valence-electron chi connectivity index (χ3n) is 4.49. The fraction of sp³-hybridized carbons (Fsp3) is 0.556. The Labute approximate surface area is 153 Å². The van der Waals surface area contributed by atoms with Gasteiger partial charge in [-0.15, -0.1) is 0 Å². The highest BCUT2D eigenvalue weighted by Crippen LogP contribution is 2.17. The highest BCUT2D eigenvalue weighted by atomic mass is 16.5. The summed E-state index contributed by atoms with van der Waals surface area (Å²) in [4.78, 5) is 27.7. The summed E-state index contributed by atoms with van der Waals surface area (Å²) in [5, 5.41) is 6.42. The topological polar surface area (TPSA) is 83.1 Å². The lowest BCUT2D eigenvalue weighted by Gasteiger charge is -2.27. The number of ether oxygens (including phenoxy) is 2. The number of benzene rings is 1. The summed E-state index contributed by atoms with van der Waals surface area (Å²) in [5.41, 5.74) is 0. The normalized spacial score (nSPS) is 17.7. The van der Waals surface area contributed by atoms with Crippen LogP contribution >= 0.6 is 0 Å². The summed E-state index contributed by atoms with van der Waals surface area (Å²) in [6, 6.07) is 6.98. The highest BCUT2D eigenvalue weighted by Gasteiger charge is 2.17. The minimum Gasteiger partial charge on any atom is -0.484 e. The molecule has 8 heteroatoms. The number of amides is 2. The molecular weight excluding hydrogens is 336 g/mol. The molecule has 1 aromatic carbocycles. The molecule has 1 aromatic rings. The second kappa shape index (κ2) is 9.40. The quantitative estimate of drug-likeness (QED) is 0.697. The van der Waals surface area contributed by atoms with E-state index in [0.29, 0.717) is 11.5 Å². The molecule has 2 saturated heterocycles. The molecule has 0 atom stereocenters. The summed E-state index contributed by atoms with van der Waals surface area (Å²) in [6.07, 6.45) is 0. The molecule has 142 valence electrons. The van der Waals surface area contributed by atoms with Crippen molar-refractivity contribution in [3.05, 3.63) is 24.3 Å². The molecule has 2 aliphatic rings. The van der Waals surface area contributed by atoms with Crippen molar-refractivity contribution in [2.45, 2.75) is 0 Å². The molecule has 2 fully saturated rings. The molecular formula is C18H26N4O4. The van der Waals surface area contributed by atoms with E-state index >= 15 is 0 Å². The van der Waals surface area contributed by atoms with E-state index in [2.05, 4.69) is 10.6 Å². The predicted molar refractivity (Wildman–Crippen MR) is 96.3 cm³/mol. The Kier molecular flexibility index (Phi) is 6.68. The zero-order valence-electron chi connectivity index (χ0n) is 14.9. The Morgan fingerprint density at radius 1 is 0.731 bits per heavy atom. The molecule has 8 nitrogen and oxygen atoms in total. The van der Waals surface area contributed by atoms with Crippen LogP contribution < -0.4 is 20.1 Å². The molecule has 26 heavy (non-hydrogen) atoms. The first-order valence-electron chi connectivity index (χ1n) is 9.05. The number of piperazine rings is 2. The first-order valence-corrected chi connectivity index (χ1v) is 9.05. The first kappa shape index (κ1) is 18.5. The van der Waals surface area contributed by atoms with E-state index in [4.69, 9.17) is 9.47 Å². The Bertz CT molecular complexity index is 543. The van der Waals surface area contributed by atoms with Gasteiger partial charge in [-0.3, -0.25) is 9.59 Å². The molecule has 3 rings (SSSR count). The summed E-state index contributed by atoms with van der Waals surface area (Å²) < 4.78 is 11.1. The largest absolute Gasteiger partial charge is 0.484 e. The van der Waals surface area contributed by atoms with Gasteiger partial charge < -0.3 is 29.9 Å². The Balaban J connectivity index is 1.40. The molecule has 2 aliphatic heterocycles. The van der Waals surface area contributed by atoms with Crippen LogP contribution in [0.4, 0.5) is 0 Å². The molecule has 2 heterocycles. The number of rotatable bonds is 6. The lowest BCUT2D eigenvalue weighted by atomic mass is 10.3. The average molecular weight is 362 g/mol. The average Bonchev–Trinajstić information content (AvgIpc) is 2.72. The fourth-order valence-corrected chi connectivity index (χ4v) is 2.93. The van der Waals surface area contributed by atoms with Crippen LogP contribution in [0.15, 0.2) is 24.3 Å². The minimum absolute atomic E-state index is 0.00607. The maximum absolute atomic E-state index is 12.1. The van der Waals surface area contributed by atoms with Gasteiger partial charge >= 0.3 is 0 Å². The van der Waals surface area contributed by atoms with Crippen LogP contribution in [0.3, 0.4) is 0 Å². The molecule has 0 unspecified atom stereocenters. The van der Waals surface area contributed by atoms with Gasteiger partial charge in [0.1, 0.15) is 11.5 Å². The molecule has 0 saturated carbocycles. The van der Waals surface area contributed by atoms with Gasteiger partial charge in [0, 0.05) is 52.4 Å². The van der Waals surface area contributed by atoms with Gasteiger partial charge in [0.2, 0.25) is 0 Å². The van der Waals surface area contributed by atoms with E-state index in [1.807, 2.05) is 0 Å². The zero-order chi connectivity index (χ0) is 18.2. The summed E-state index contributed by atoms with van der Waals surface area (Å²) in [6.45, 7) is 6.23. The third kappa shape index (κ3) is 5.34. The van der Waals surface area contributed by atoms with Crippen LogP contribution in [-0.2, 0) is 9.59 Å². The number of nitrogens with zero attached hydrogens (tertiary/aromatic N) is 2. The van der Waals surface area contributed by atoms with E-state index in [0.717, 1.165) is 52.4 Å². The van der Waals surface area contributed by atoms with Crippen molar-refractivity contribution in [1.29, 1.82) is 0 Å². The first-order chi connectivity index (χ1) is 12.7. The molecule has 0 aromatic heterocycles. The van der Waals surface area contributed by atoms with E-state index in [1.165, 1.54) is 0 Å². The number of carbonyl (C=O) groups excluding carboxylic acids is 2. The van der Waals surface area contributed by atoms with E-state index in [1.54, 1.807) is 34.1 Å². The van der Waals surface area contributed by atoms with Gasteiger partial charge in [0.15, 0.2) is 13.2 Å². The monoisotopic (exact) mass is 362 g/mol. The van der Waals surface area contributed by atoms with Crippen LogP contribution in [0.25, 0.3) is 0 Å². The van der Waals surface area contributed by atoms with E-state index < -0.39 is 0 Å². The Morgan fingerprint density at radius 3 is 1.42 bits per heavy atom. The second-order valence-electron chi connectivity index (χ2n) is 6.31. The van der Waals surface area contributed by atoms with Crippen LogP contribution in [0.1, 0.15) is 0 Å². The van der Waals surface area contributed by atoms with Crippen LogP contribution in [-0.4, -0.2) is 87.2 Å². The van der Waals surface area contributed by atoms with Gasteiger partial charge in [-0.2, -0.15) is 0 Å². The van der Waals surface area contributed by atoms with Gasteiger partial charge in [-0.25, -0.2) is 0 Å². The lowest BCUT2D eigenvalue weighted by Crippen LogP contribution is -2.48. The number of hydrogen-bond donors (Lipinski definition) is 2. The maximum atomic E-state index is 12.1. The molecule has 0 bridgehead atoms. The summed E-state index contributed by atoms with van der Waals surface area (Å²) in [7, 11) is 0. The summed E-state index contributed by atoms with van der Waals surface area (Å²) in [5.74, 6) is 1.20. The fourth-order valence-electron chi connectivity index (χ4n) is 2.93. The maximum Gasteiger partial charge on any atom is 0.260 e. The number of hydrogen-bond acceptors (Lipinski definition) is 6. The summed E-state index contributed by atoms with van der Waals surface area (Å²) >= 11 is 0. The standard InChI is InChI=1S/C18H26N4O4/c23-17(21-9-5-19-6-10-21)13-25-15-1-2-16(4-3-15)26-14-18(24)22-11-7-20-8-12-22/h1-4,19-20H,5-14H2. The minimum atomic E-state index is -0.00607. The van der Waals surface area contributed by atoms with Crippen LogP contribution in [0, 0.1) is 0 Å². The zero-order valence-corrected chi connectivity index (χ0v) is 14.9. The SMILES string of the molecule is O=C(COc1ccc(OCC(=O)N2CCNCC2)cc1)N1CCNCC1. The highest BCUT2D eigenvalue weighted by molar-refractivity contribution is 5.78. The third-order valence-corrected chi connectivity index (χ3v) is 4.49. The van der Waals surface area contributed by atoms with Crippen molar-refractivity contribution < 1.29 is 19.1 Å². The smallest absolute Gasteiger partial charge is 0.260 e. The van der Waals surface area contributed by atoms with Crippen molar-refractivity contribution in [3.8, 4) is 11.5 Å². The Hall–Kier alpha value is -2.32. The molecule has 2 N–H and O–H groups in total. The van der Waals surface area contributed by atoms with Gasteiger partial charge in [-0.1, -0.05) is 0 Å². The van der Waals surface area contributed by atoms with Crippen LogP contribution in [0.2, 0.25) is 0 Å². The second-order valence-corrected chi connectivity index (χ2v) is 6.31. The van der Waals surface area contributed by atoms with Crippen molar-refractivity contribution in [2.24, 2.45) is 0 Å². The van der Waals surface area contributed by atoms with Crippen molar-refractivity contribution in [2.75, 3.05) is 65.6 Å². The van der Waals surface area contributed by atoms with Gasteiger partial charge in [-0.05, 0) is 24.3 Å². The van der Waals surface area contributed by atoms with Gasteiger partial charge in [0.25, 0.3) is 11.8 Å². The number of carbonyl (C=O) groups is 2. The van der Waals surface area contributed by atoms with E-state index in [9.17, 15) is 9.59 Å².